The van der Waals surface area contributed by atoms with Crippen molar-refractivity contribution in [2.24, 2.45) is 0 Å². The number of aromatic nitrogens is 2. The van der Waals surface area contributed by atoms with Crippen LogP contribution in [0.2, 0.25) is 0 Å². The van der Waals surface area contributed by atoms with E-state index in [0.717, 1.165) is 6.07 Å². The Balaban J connectivity index is 2.65. The zero-order valence-electron chi connectivity index (χ0n) is 10.2. The maximum absolute atomic E-state index is 12.6. The summed E-state index contributed by atoms with van der Waals surface area (Å²) in [5.74, 6) is -0.568. The summed E-state index contributed by atoms with van der Waals surface area (Å²) in [5.41, 5.74) is -1.06. The number of aromatic carboxylic acids is 1. The van der Waals surface area contributed by atoms with Crippen molar-refractivity contribution in [1.29, 1.82) is 0 Å². The van der Waals surface area contributed by atoms with Crippen LogP contribution in [0.15, 0.2) is 23.2 Å². The maximum Gasteiger partial charge on any atom is 0.434 e. The Morgan fingerprint density at radius 3 is 2.60 bits per heavy atom. The van der Waals surface area contributed by atoms with Crippen molar-refractivity contribution in [1.82, 2.24) is 9.97 Å². The number of benzene rings is 1. The minimum atomic E-state index is -4.61. The van der Waals surface area contributed by atoms with Crippen molar-refractivity contribution in [3.8, 4) is 0 Å². The van der Waals surface area contributed by atoms with Gasteiger partial charge in [-0.1, -0.05) is 6.92 Å². The van der Waals surface area contributed by atoms with E-state index in [2.05, 4.69) is 9.97 Å². The molecule has 1 aromatic carbocycles. The smallest absolute Gasteiger partial charge is 0.434 e. The molecule has 4 nitrogen and oxygen atoms in total. The molecule has 0 fully saturated rings. The number of rotatable bonds is 3. The molecule has 0 atom stereocenters. The molecule has 20 heavy (non-hydrogen) atoms. The molecular formula is C12H9F3N2O2S. The minimum Gasteiger partial charge on any atom is -0.478 e. The first-order chi connectivity index (χ1) is 9.32. The number of hydrogen-bond acceptors (Lipinski definition) is 4. The van der Waals surface area contributed by atoms with Gasteiger partial charge in [-0.05, 0) is 17.9 Å². The molecule has 2 aromatic rings. The second-order valence-electron chi connectivity index (χ2n) is 3.83. The number of thioether (sulfide) groups is 1. The van der Waals surface area contributed by atoms with Crippen LogP contribution < -0.4 is 0 Å². The number of halogens is 3. The highest BCUT2D eigenvalue weighted by Crippen LogP contribution is 2.30. The van der Waals surface area contributed by atoms with Gasteiger partial charge < -0.3 is 5.11 Å². The Labute approximate surface area is 116 Å². The molecule has 0 saturated carbocycles. The molecule has 0 amide bonds. The van der Waals surface area contributed by atoms with Crippen LogP contribution in [0.1, 0.15) is 23.0 Å². The lowest BCUT2D eigenvalue weighted by molar-refractivity contribution is -0.141. The zero-order valence-corrected chi connectivity index (χ0v) is 11.0. The van der Waals surface area contributed by atoms with Gasteiger partial charge >= 0.3 is 12.1 Å². The van der Waals surface area contributed by atoms with Gasteiger partial charge in [-0.25, -0.2) is 9.78 Å². The number of fused-ring (bicyclic) bond motifs is 1. The molecule has 1 heterocycles. The largest absolute Gasteiger partial charge is 0.478 e. The summed E-state index contributed by atoms with van der Waals surface area (Å²) in [6.07, 6.45) is -3.97. The van der Waals surface area contributed by atoms with Gasteiger partial charge in [0.1, 0.15) is 0 Å². The SMILES string of the molecule is CCSc1cc2ncc(C(F)(F)F)nc2cc1C(=O)O. The quantitative estimate of drug-likeness (QED) is 0.880. The van der Waals surface area contributed by atoms with Gasteiger partial charge in [-0.15, -0.1) is 11.8 Å². The van der Waals surface area contributed by atoms with Crippen LogP contribution in [0, 0.1) is 0 Å². The Morgan fingerprint density at radius 1 is 1.35 bits per heavy atom. The monoisotopic (exact) mass is 302 g/mol. The molecule has 0 spiro atoms. The third-order valence-corrected chi connectivity index (χ3v) is 3.40. The van der Waals surface area contributed by atoms with E-state index in [1.807, 2.05) is 6.92 Å². The molecule has 0 unspecified atom stereocenters. The fourth-order valence-electron chi connectivity index (χ4n) is 1.62. The van der Waals surface area contributed by atoms with Crippen LogP contribution in [0.4, 0.5) is 13.2 Å². The fraction of sp³-hybridized carbons (Fsp3) is 0.250. The normalized spacial score (nSPS) is 11.8. The second-order valence-corrected chi connectivity index (χ2v) is 5.13. The van der Waals surface area contributed by atoms with E-state index in [-0.39, 0.29) is 16.6 Å². The molecule has 1 N–H and O–H groups in total. The number of nitrogens with zero attached hydrogens (tertiary/aromatic N) is 2. The number of hydrogen-bond donors (Lipinski definition) is 1. The molecule has 8 heteroatoms. The molecule has 0 bridgehead atoms. The lowest BCUT2D eigenvalue weighted by Gasteiger charge is -2.09. The highest BCUT2D eigenvalue weighted by Gasteiger charge is 2.33. The average molecular weight is 302 g/mol. The summed E-state index contributed by atoms with van der Waals surface area (Å²) in [7, 11) is 0. The van der Waals surface area contributed by atoms with E-state index in [0.29, 0.717) is 16.8 Å². The number of alkyl halides is 3. The molecule has 1 aromatic heterocycles. The van der Waals surface area contributed by atoms with Gasteiger partial charge in [0.25, 0.3) is 0 Å². The minimum absolute atomic E-state index is 0.0713. The summed E-state index contributed by atoms with van der Waals surface area (Å²) in [5, 5.41) is 9.10. The first-order valence-electron chi connectivity index (χ1n) is 5.57. The van der Waals surface area contributed by atoms with Crippen LogP contribution in [-0.4, -0.2) is 26.8 Å². The van der Waals surface area contributed by atoms with Crippen LogP contribution in [0.5, 0.6) is 0 Å². The van der Waals surface area contributed by atoms with Crippen LogP contribution in [0.3, 0.4) is 0 Å². The van der Waals surface area contributed by atoms with E-state index in [4.69, 9.17) is 5.11 Å². The second kappa shape index (κ2) is 5.28. The van der Waals surface area contributed by atoms with Crippen LogP contribution >= 0.6 is 11.8 Å². The Bertz CT molecular complexity index is 674. The van der Waals surface area contributed by atoms with Gasteiger partial charge in [0.2, 0.25) is 0 Å². The summed E-state index contributed by atoms with van der Waals surface area (Å²) in [6.45, 7) is 1.85. The number of carboxylic acids is 1. The lowest BCUT2D eigenvalue weighted by atomic mass is 10.2. The summed E-state index contributed by atoms with van der Waals surface area (Å²) < 4.78 is 37.7. The van der Waals surface area contributed by atoms with Crippen molar-refractivity contribution < 1.29 is 23.1 Å². The summed E-state index contributed by atoms with van der Waals surface area (Å²) in [6, 6.07) is 2.57. The Kier molecular flexibility index (Phi) is 3.85. The highest BCUT2D eigenvalue weighted by molar-refractivity contribution is 7.99. The standard InChI is InChI=1S/C12H9F3N2O2S/c1-2-20-9-4-7-8(3-6(9)11(18)19)17-10(5-16-7)12(13,14)15/h3-5H,2H2,1H3,(H,18,19). The van der Waals surface area contributed by atoms with Gasteiger partial charge in [0.15, 0.2) is 5.69 Å². The van der Waals surface area contributed by atoms with Gasteiger partial charge in [-0.2, -0.15) is 13.2 Å². The molecule has 0 aliphatic carbocycles. The topological polar surface area (TPSA) is 63.1 Å². The maximum atomic E-state index is 12.6. The van der Waals surface area contributed by atoms with Gasteiger partial charge in [-0.3, -0.25) is 4.98 Å². The highest BCUT2D eigenvalue weighted by atomic mass is 32.2. The summed E-state index contributed by atoms with van der Waals surface area (Å²) in [4.78, 5) is 18.7. The van der Waals surface area contributed by atoms with Crippen molar-refractivity contribution in [2.45, 2.75) is 18.0 Å². The van der Waals surface area contributed by atoms with E-state index in [1.165, 1.54) is 17.8 Å². The van der Waals surface area contributed by atoms with E-state index < -0.39 is 17.8 Å². The van der Waals surface area contributed by atoms with E-state index >= 15 is 0 Å². The molecular weight excluding hydrogens is 293 g/mol. The first kappa shape index (κ1) is 14.6. The lowest BCUT2D eigenvalue weighted by Crippen LogP contribution is -2.09. The van der Waals surface area contributed by atoms with Crippen molar-refractivity contribution in [3.63, 3.8) is 0 Å². The first-order valence-corrected chi connectivity index (χ1v) is 6.55. The van der Waals surface area contributed by atoms with Gasteiger partial charge in [0, 0.05) is 4.90 Å². The third-order valence-electron chi connectivity index (χ3n) is 2.46. The Morgan fingerprint density at radius 2 is 2.05 bits per heavy atom. The summed E-state index contributed by atoms with van der Waals surface area (Å²) >= 11 is 1.28. The van der Waals surface area contributed by atoms with Gasteiger partial charge in [0.05, 0.1) is 22.8 Å². The van der Waals surface area contributed by atoms with Crippen LogP contribution in [-0.2, 0) is 6.18 Å². The van der Waals surface area contributed by atoms with Crippen LogP contribution in [0.25, 0.3) is 11.0 Å². The molecule has 0 aliphatic rings. The number of carbonyl (C=O) groups is 1. The van der Waals surface area contributed by atoms with E-state index in [9.17, 15) is 18.0 Å². The van der Waals surface area contributed by atoms with E-state index in [1.54, 1.807) is 0 Å². The molecule has 2 rings (SSSR count). The van der Waals surface area contributed by atoms with Crippen molar-refractivity contribution in [3.05, 3.63) is 29.6 Å². The van der Waals surface area contributed by atoms with Crippen molar-refractivity contribution >= 4 is 28.8 Å². The average Bonchev–Trinajstić information content (AvgIpc) is 2.36. The predicted molar refractivity (Wildman–Crippen MR) is 67.9 cm³/mol. The van der Waals surface area contributed by atoms with Crippen molar-refractivity contribution in [2.75, 3.05) is 5.75 Å². The molecule has 0 radical (unpaired) electrons. The zero-order chi connectivity index (χ0) is 14.9. The third kappa shape index (κ3) is 2.84. The number of carboxylic acid groups (broad SMARTS) is 1. The molecule has 106 valence electrons. The predicted octanol–water partition coefficient (Wildman–Crippen LogP) is 3.46. The molecule has 0 saturated heterocycles. The Hall–Kier alpha value is -1.83. The fourth-order valence-corrected chi connectivity index (χ4v) is 2.43. The molecule has 0 aliphatic heterocycles.